The lowest BCUT2D eigenvalue weighted by atomic mass is 10.2. The number of rotatable bonds is 3. The topological polar surface area (TPSA) is 55.1 Å². The Morgan fingerprint density at radius 3 is 2.76 bits per heavy atom. The number of aromatic nitrogens is 4. The Kier molecular flexibility index (Phi) is 2.64. The van der Waals surface area contributed by atoms with Gasteiger partial charge in [-0.05, 0) is 44.7 Å². The summed E-state index contributed by atoms with van der Waals surface area (Å²) in [7, 11) is 0. The zero-order valence-corrected chi connectivity index (χ0v) is 12.6. The van der Waals surface area contributed by atoms with E-state index in [2.05, 4.69) is 41.4 Å². The van der Waals surface area contributed by atoms with Gasteiger partial charge >= 0.3 is 0 Å². The van der Waals surface area contributed by atoms with Gasteiger partial charge in [0.05, 0.1) is 5.39 Å². The van der Waals surface area contributed by atoms with Crippen molar-refractivity contribution in [1.29, 1.82) is 0 Å². The van der Waals surface area contributed by atoms with Gasteiger partial charge in [-0.15, -0.1) is 5.10 Å². The molecule has 0 aliphatic heterocycles. The Bertz CT molecular complexity index is 845. The third-order valence-electron chi connectivity index (χ3n) is 4.02. The van der Waals surface area contributed by atoms with Gasteiger partial charge < -0.3 is 5.32 Å². The first-order chi connectivity index (χ1) is 10.2. The molecule has 0 unspecified atom stereocenters. The Labute approximate surface area is 123 Å². The molecule has 5 nitrogen and oxygen atoms in total. The summed E-state index contributed by atoms with van der Waals surface area (Å²) in [5.74, 6) is 1.04. The van der Waals surface area contributed by atoms with Gasteiger partial charge in [0.1, 0.15) is 5.82 Å². The van der Waals surface area contributed by atoms with Crippen LogP contribution in [0.15, 0.2) is 12.1 Å². The van der Waals surface area contributed by atoms with Crippen LogP contribution in [0.4, 0.5) is 5.82 Å². The van der Waals surface area contributed by atoms with E-state index in [0.29, 0.717) is 6.04 Å². The molecule has 0 saturated heterocycles. The first-order valence-corrected chi connectivity index (χ1v) is 7.59. The molecule has 0 atom stereocenters. The highest BCUT2D eigenvalue weighted by Crippen LogP contribution is 2.28. The molecule has 3 heterocycles. The molecule has 0 spiro atoms. The molecule has 0 aromatic carbocycles. The summed E-state index contributed by atoms with van der Waals surface area (Å²) in [6.45, 7) is 6.24. The van der Waals surface area contributed by atoms with Gasteiger partial charge in [0, 0.05) is 23.5 Å². The van der Waals surface area contributed by atoms with E-state index < -0.39 is 0 Å². The van der Waals surface area contributed by atoms with Crippen LogP contribution >= 0.6 is 0 Å². The van der Waals surface area contributed by atoms with Crippen LogP contribution in [0, 0.1) is 13.8 Å². The Balaban J connectivity index is 2.05. The number of nitrogens with zero attached hydrogens (tertiary/aromatic N) is 4. The fourth-order valence-electron chi connectivity index (χ4n) is 2.79. The van der Waals surface area contributed by atoms with Gasteiger partial charge in [-0.1, -0.05) is 6.92 Å². The largest absolute Gasteiger partial charge is 0.367 e. The van der Waals surface area contributed by atoms with Crippen LogP contribution in [0.2, 0.25) is 0 Å². The molecule has 0 bridgehead atoms. The second-order valence-electron chi connectivity index (χ2n) is 5.92. The van der Waals surface area contributed by atoms with Gasteiger partial charge in [-0.3, -0.25) is 0 Å². The molecular formula is C16H19N5. The highest BCUT2D eigenvalue weighted by atomic mass is 15.3. The number of anilines is 1. The average Bonchev–Trinajstić information content (AvgIpc) is 3.17. The van der Waals surface area contributed by atoms with E-state index in [9.17, 15) is 0 Å². The molecule has 108 valence electrons. The Morgan fingerprint density at radius 1 is 1.24 bits per heavy atom. The standard InChI is InChI=1S/C16H19N5/c1-4-11-8-13(18-12-5-6-12)21-16(19-11)14-9(2)7-10(3)17-15(14)20-21/h7-8,12,18H,4-6H2,1-3H3. The number of pyridine rings is 1. The zero-order chi connectivity index (χ0) is 14.6. The summed E-state index contributed by atoms with van der Waals surface area (Å²) in [5.41, 5.74) is 4.97. The second kappa shape index (κ2) is 4.41. The van der Waals surface area contributed by atoms with E-state index in [-0.39, 0.29) is 0 Å². The SMILES string of the molecule is CCc1cc(NC2CC2)n2nc3nc(C)cc(C)c3c2n1. The third kappa shape index (κ3) is 2.04. The minimum atomic E-state index is 0.586. The number of hydrogen-bond acceptors (Lipinski definition) is 4. The molecule has 1 aliphatic carbocycles. The maximum atomic E-state index is 4.78. The van der Waals surface area contributed by atoms with Crippen molar-refractivity contribution < 1.29 is 0 Å². The number of hydrogen-bond donors (Lipinski definition) is 1. The highest BCUT2D eigenvalue weighted by Gasteiger charge is 2.23. The summed E-state index contributed by atoms with van der Waals surface area (Å²) in [4.78, 5) is 9.35. The van der Waals surface area contributed by atoms with Crippen molar-refractivity contribution in [3.8, 4) is 0 Å². The molecule has 0 radical (unpaired) electrons. The molecule has 5 heteroatoms. The lowest BCUT2D eigenvalue weighted by Crippen LogP contribution is -2.08. The van der Waals surface area contributed by atoms with Crippen molar-refractivity contribution in [2.45, 2.75) is 46.1 Å². The fraction of sp³-hybridized carbons (Fsp3) is 0.438. The van der Waals surface area contributed by atoms with Crippen molar-refractivity contribution in [2.75, 3.05) is 5.32 Å². The zero-order valence-electron chi connectivity index (χ0n) is 12.6. The molecule has 21 heavy (non-hydrogen) atoms. The summed E-state index contributed by atoms with van der Waals surface area (Å²) < 4.78 is 1.92. The molecule has 1 fully saturated rings. The van der Waals surface area contributed by atoms with Crippen LogP contribution in [-0.2, 0) is 6.42 Å². The highest BCUT2D eigenvalue weighted by molar-refractivity contribution is 5.93. The second-order valence-corrected chi connectivity index (χ2v) is 5.92. The van der Waals surface area contributed by atoms with E-state index in [1.165, 1.54) is 18.4 Å². The Hall–Kier alpha value is -2.17. The number of nitrogens with one attached hydrogen (secondary N) is 1. The van der Waals surface area contributed by atoms with Gasteiger partial charge in [0.25, 0.3) is 0 Å². The van der Waals surface area contributed by atoms with Crippen LogP contribution in [0.5, 0.6) is 0 Å². The van der Waals surface area contributed by atoms with E-state index >= 15 is 0 Å². The van der Waals surface area contributed by atoms with Crippen molar-refractivity contribution in [3.63, 3.8) is 0 Å². The molecule has 3 aromatic rings. The molecule has 4 rings (SSSR count). The quantitative estimate of drug-likeness (QED) is 0.801. The first kappa shape index (κ1) is 12.6. The molecular weight excluding hydrogens is 262 g/mol. The van der Waals surface area contributed by atoms with E-state index in [1.54, 1.807) is 0 Å². The van der Waals surface area contributed by atoms with Crippen LogP contribution in [-0.4, -0.2) is 25.6 Å². The van der Waals surface area contributed by atoms with Gasteiger partial charge in [-0.25, -0.2) is 9.97 Å². The average molecular weight is 281 g/mol. The lowest BCUT2D eigenvalue weighted by Gasteiger charge is -2.08. The van der Waals surface area contributed by atoms with Gasteiger partial charge in [0.2, 0.25) is 0 Å². The molecule has 3 aromatic heterocycles. The van der Waals surface area contributed by atoms with Crippen LogP contribution < -0.4 is 5.32 Å². The van der Waals surface area contributed by atoms with E-state index in [0.717, 1.165) is 40.3 Å². The van der Waals surface area contributed by atoms with Crippen LogP contribution in [0.25, 0.3) is 16.7 Å². The molecule has 0 amide bonds. The Morgan fingerprint density at radius 2 is 2.05 bits per heavy atom. The number of aryl methyl sites for hydroxylation is 3. The van der Waals surface area contributed by atoms with E-state index in [1.807, 2.05) is 11.4 Å². The summed E-state index contributed by atoms with van der Waals surface area (Å²) in [6, 6.07) is 4.79. The minimum Gasteiger partial charge on any atom is -0.367 e. The number of fused-ring (bicyclic) bond motifs is 3. The van der Waals surface area contributed by atoms with Crippen LogP contribution in [0.3, 0.4) is 0 Å². The van der Waals surface area contributed by atoms with Crippen molar-refractivity contribution in [2.24, 2.45) is 0 Å². The monoisotopic (exact) mass is 281 g/mol. The van der Waals surface area contributed by atoms with Crippen molar-refractivity contribution in [1.82, 2.24) is 19.6 Å². The summed E-state index contributed by atoms with van der Waals surface area (Å²) >= 11 is 0. The minimum absolute atomic E-state index is 0.586. The third-order valence-corrected chi connectivity index (χ3v) is 4.02. The van der Waals surface area contributed by atoms with Gasteiger partial charge in [0.15, 0.2) is 11.3 Å². The predicted octanol–water partition coefficient (Wildman–Crippen LogP) is 3.03. The smallest absolute Gasteiger partial charge is 0.184 e. The van der Waals surface area contributed by atoms with Crippen molar-refractivity contribution in [3.05, 3.63) is 29.1 Å². The first-order valence-electron chi connectivity index (χ1n) is 7.59. The maximum absolute atomic E-state index is 4.78. The lowest BCUT2D eigenvalue weighted by molar-refractivity contribution is 0.907. The van der Waals surface area contributed by atoms with E-state index in [4.69, 9.17) is 4.98 Å². The summed E-state index contributed by atoms with van der Waals surface area (Å²) in [6.07, 6.45) is 3.39. The van der Waals surface area contributed by atoms with Gasteiger partial charge in [-0.2, -0.15) is 4.52 Å². The van der Waals surface area contributed by atoms with Crippen LogP contribution in [0.1, 0.15) is 36.7 Å². The molecule has 1 saturated carbocycles. The maximum Gasteiger partial charge on any atom is 0.184 e. The predicted molar refractivity (Wildman–Crippen MR) is 83.8 cm³/mol. The summed E-state index contributed by atoms with van der Waals surface area (Å²) in [5, 5.41) is 9.30. The normalized spacial score (nSPS) is 15.0. The molecule has 1 N–H and O–H groups in total. The molecule has 1 aliphatic rings. The van der Waals surface area contributed by atoms with Crippen molar-refractivity contribution >= 4 is 22.5 Å². The fourth-order valence-corrected chi connectivity index (χ4v) is 2.79.